The van der Waals surface area contributed by atoms with Gasteiger partial charge in [0.15, 0.2) is 0 Å². The minimum Gasteiger partial charge on any atom is -0.398 e. The first-order chi connectivity index (χ1) is 7.27. The van der Waals surface area contributed by atoms with Crippen LogP contribution in [-0.2, 0) is 6.42 Å². The summed E-state index contributed by atoms with van der Waals surface area (Å²) in [5, 5.41) is 0. The lowest BCUT2D eigenvalue weighted by molar-refractivity contribution is 1.26. The van der Waals surface area contributed by atoms with Crippen LogP contribution < -0.4 is 5.73 Å². The average Bonchev–Trinajstić information content (AvgIpc) is 2.59. The molecule has 0 saturated heterocycles. The van der Waals surface area contributed by atoms with Gasteiger partial charge in [-0.15, -0.1) is 0 Å². The Labute approximate surface area is 97.1 Å². The zero-order valence-electron chi connectivity index (χ0n) is 8.13. The van der Waals surface area contributed by atoms with Crippen molar-refractivity contribution < 1.29 is 0 Å². The third-order valence-corrected chi connectivity index (χ3v) is 3.61. The maximum absolute atomic E-state index is 5.99. The third-order valence-electron chi connectivity index (χ3n) is 2.95. The van der Waals surface area contributed by atoms with Crippen LogP contribution in [0.2, 0.25) is 0 Å². The smallest absolute Gasteiger partial charge is 0.0356 e. The van der Waals surface area contributed by atoms with Crippen molar-refractivity contribution in [3.63, 3.8) is 0 Å². The van der Waals surface area contributed by atoms with E-state index >= 15 is 0 Å². The molecular weight excluding hydrogens is 250 g/mol. The highest BCUT2D eigenvalue weighted by atomic mass is 79.9. The predicted molar refractivity (Wildman–Crippen MR) is 66.8 cm³/mol. The first kappa shape index (κ1) is 8.98. The summed E-state index contributed by atoms with van der Waals surface area (Å²) in [6, 6.07) is 12.4. The van der Waals surface area contributed by atoms with Crippen LogP contribution in [0.5, 0.6) is 0 Å². The van der Waals surface area contributed by atoms with Crippen LogP contribution in [0, 0.1) is 0 Å². The number of hydrogen-bond donors (Lipinski definition) is 1. The van der Waals surface area contributed by atoms with Crippen molar-refractivity contribution in [3.8, 4) is 11.1 Å². The molecule has 0 heterocycles. The molecule has 2 aromatic carbocycles. The number of halogens is 1. The second-order valence-corrected chi connectivity index (χ2v) is 4.68. The van der Waals surface area contributed by atoms with Gasteiger partial charge >= 0.3 is 0 Å². The summed E-state index contributed by atoms with van der Waals surface area (Å²) in [5.41, 5.74) is 12.1. The van der Waals surface area contributed by atoms with Gasteiger partial charge in [0.25, 0.3) is 0 Å². The SMILES string of the molecule is Nc1cccc2c1Cc1cccc(Br)c1-2. The van der Waals surface area contributed by atoms with E-state index in [1.54, 1.807) is 0 Å². The lowest BCUT2D eigenvalue weighted by atomic mass is 10.1. The summed E-state index contributed by atoms with van der Waals surface area (Å²) in [6.07, 6.45) is 0.955. The molecule has 0 spiro atoms. The van der Waals surface area contributed by atoms with E-state index in [0.29, 0.717) is 0 Å². The first-order valence-electron chi connectivity index (χ1n) is 4.92. The Bertz CT molecular complexity index is 546. The van der Waals surface area contributed by atoms with Crippen LogP contribution in [0.3, 0.4) is 0 Å². The van der Waals surface area contributed by atoms with Gasteiger partial charge in [-0.05, 0) is 34.4 Å². The minimum atomic E-state index is 0.899. The maximum Gasteiger partial charge on any atom is 0.0356 e. The van der Waals surface area contributed by atoms with E-state index in [4.69, 9.17) is 5.73 Å². The molecule has 1 aliphatic rings. The van der Waals surface area contributed by atoms with E-state index in [9.17, 15) is 0 Å². The van der Waals surface area contributed by atoms with Crippen LogP contribution >= 0.6 is 15.9 Å². The fourth-order valence-electron chi connectivity index (χ4n) is 2.24. The van der Waals surface area contributed by atoms with Crippen molar-refractivity contribution in [2.24, 2.45) is 0 Å². The van der Waals surface area contributed by atoms with Gasteiger partial charge in [0.1, 0.15) is 0 Å². The molecule has 0 aliphatic heterocycles. The van der Waals surface area contributed by atoms with Gasteiger partial charge < -0.3 is 5.73 Å². The Morgan fingerprint density at radius 3 is 2.73 bits per heavy atom. The van der Waals surface area contributed by atoms with E-state index in [2.05, 4.69) is 40.2 Å². The van der Waals surface area contributed by atoms with E-state index in [1.807, 2.05) is 12.1 Å². The number of nitrogen functional groups attached to an aromatic ring is 1. The molecule has 1 aliphatic carbocycles. The van der Waals surface area contributed by atoms with Gasteiger partial charge in [-0.2, -0.15) is 0 Å². The molecule has 15 heavy (non-hydrogen) atoms. The summed E-state index contributed by atoms with van der Waals surface area (Å²) in [4.78, 5) is 0. The molecule has 0 unspecified atom stereocenters. The van der Waals surface area contributed by atoms with Crippen molar-refractivity contribution in [2.75, 3.05) is 5.73 Å². The number of nitrogens with two attached hydrogens (primary N) is 1. The van der Waals surface area contributed by atoms with Gasteiger partial charge in [0.2, 0.25) is 0 Å². The van der Waals surface area contributed by atoms with Crippen molar-refractivity contribution in [2.45, 2.75) is 6.42 Å². The fraction of sp³-hybridized carbons (Fsp3) is 0.0769. The predicted octanol–water partition coefficient (Wildman–Crippen LogP) is 3.60. The number of fused-ring (bicyclic) bond motifs is 3. The minimum absolute atomic E-state index is 0.899. The molecule has 1 nitrogen and oxygen atoms in total. The molecule has 0 saturated carbocycles. The third kappa shape index (κ3) is 1.21. The highest BCUT2D eigenvalue weighted by molar-refractivity contribution is 9.10. The molecule has 0 aromatic heterocycles. The second kappa shape index (κ2) is 3.11. The summed E-state index contributed by atoms with van der Waals surface area (Å²) < 4.78 is 1.16. The zero-order valence-corrected chi connectivity index (χ0v) is 9.71. The van der Waals surface area contributed by atoms with Crippen LogP contribution in [0.25, 0.3) is 11.1 Å². The van der Waals surface area contributed by atoms with Crippen molar-refractivity contribution in [1.29, 1.82) is 0 Å². The van der Waals surface area contributed by atoms with Gasteiger partial charge in [-0.1, -0.05) is 40.2 Å². The van der Waals surface area contributed by atoms with E-state index in [0.717, 1.165) is 16.6 Å². The molecule has 2 heteroatoms. The Morgan fingerprint density at radius 1 is 1.07 bits per heavy atom. The second-order valence-electron chi connectivity index (χ2n) is 3.82. The van der Waals surface area contributed by atoms with Crippen LogP contribution in [0.15, 0.2) is 40.9 Å². The number of anilines is 1. The molecular formula is C13H10BrN. The summed E-state index contributed by atoms with van der Waals surface area (Å²) in [6.45, 7) is 0. The molecule has 74 valence electrons. The molecule has 0 amide bonds. The van der Waals surface area contributed by atoms with Gasteiger partial charge in [-0.25, -0.2) is 0 Å². The normalized spacial score (nSPS) is 12.3. The fourth-order valence-corrected chi connectivity index (χ4v) is 2.87. The molecule has 2 N–H and O–H groups in total. The highest BCUT2D eigenvalue weighted by Gasteiger charge is 2.21. The number of benzene rings is 2. The Balaban J connectivity index is 2.36. The van der Waals surface area contributed by atoms with E-state index < -0.39 is 0 Å². The number of hydrogen-bond acceptors (Lipinski definition) is 1. The summed E-state index contributed by atoms with van der Waals surface area (Å²) >= 11 is 3.60. The summed E-state index contributed by atoms with van der Waals surface area (Å²) in [5.74, 6) is 0. The van der Waals surface area contributed by atoms with E-state index in [-0.39, 0.29) is 0 Å². The summed E-state index contributed by atoms with van der Waals surface area (Å²) in [7, 11) is 0. The van der Waals surface area contributed by atoms with E-state index in [1.165, 1.54) is 22.3 Å². The molecule has 0 bridgehead atoms. The van der Waals surface area contributed by atoms with Crippen LogP contribution in [0.1, 0.15) is 11.1 Å². The molecule has 0 radical (unpaired) electrons. The Hall–Kier alpha value is -1.28. The quantitative estimate of drug-likeness (QED) is 0.614. The van der Waals surface area contributed by atoms with Crippen LogP contribution in [-0.4, -0.2) is 0 Å². The van der Waals surface area contributed by atoms with Gasteiger partial charge in [-0.3, -0.25) is 0 Å². The van der Waals surface area contributed by atoms with Gasteiger partial charge in [0.05, 0.1) is 0 Å². The molecule has 2 aromatic rings. The maximum atomic E-state index is 5.99. The zero-order chi connectivity index (χ0) is 10.4. The van der Waals surface area contributed by atoms with Crippen molar-refractivity contribution in [3.05, 3.63) is 52.0 Å². The van der Waals surface area contributed by atoms with Crippen molar-refractivity contribution >= 4 is 21.6 Å². The molecule has 3 rings (SSSR count). The lowest BCUT2D eigenvalue weighted by Crippen LogP contribution is -1.91. The average molecular weight is 260 g/mol. The van der Waals surface area contributed by atoms with Gasteiger partial charge in [0, 0.05) is 16.6 Å². The van der Waals surface area contributed by atoms with Crippen LogP contribution in [0.4, 0.5) is 5.69 Å². The monoisotopic (exact) mass is 259 g/mol. The Kier molecular flexibility index (Phi) is 1.86. The topological polar surface area (TPSA) is 26.0 Å². The number of rotatable bonds is 0. The lowest BCUT2D eigenvalue weighted by Gasteiger charge is -2.04. The first-order valence-corrected chi connectivity index (χ1v) is 5.72. The largest absolute Gasteiger partial charge is 0.398 e. The Morgan fingerprint density at radius 2 is 1.87 bits per heavy atom. The van der Waals surface area contributed by atoms with Crippen molar-refractivity contribution in [1.82, 2.24) is 0 Å². The molecule has 0 fully saturated rings. The molecule has 0 atom stereocenters. The highest BCUT2D eigenvalue weighted by Crippen LogP contribution is 2.42. The standard InChI is InChI=1S/C13H10BrN/c14-11-5-1-3-8-7-10-9(13(8)11)4-2-6-12(10)15/h1-6H,7,15H2.